The van der Waals surface area contributed by atoms with Gasteiger partial charge in [0.1, 0.15) is 11.4 Å². The number of rotatable bonds is 5. The second-order valence-corrected chi connectivity index (χ2v) is 6.51. The third-order valence-corrected chi connectivity index (χ3v) is 4.31. The van der Waals surface area contributed by atoms with Crippen molar-refractivity contribution in [3.05, 3.63) is 59.7 Å². The van der Waals surface area contributed by atoms with Crippen LogP contribution in [0.5, 0.6) is 5.88 Å². The maximum Gasteiger partial charge on any atom is 0.326 e. The summed E-state index contributed by atoms with van der Waals surface area (Å²) in [5, 5.41) is 7.19. The zero-order valence-electron chi connectivity index (χ0n) is 16.1. The number of hydrogen-bond donors (Lipinski definition) is 1. The summed E-state index contributed by atoms with van der Waals surface area (Å²) in [4.78, 5) is 13.2. The highest BCUT2D eigenvalue weighted by atomic mass is 16.5. The number of methoxy groups -OCH3 is 1. The Labute approximate surface area is 162 Å². The van der Waals surface area contributed by atoms with Crippen LogP contribution in [0.25, 0.3) is 17.2 Å². The van der Waals surface area contributed by atoms with E-state index in [1.807, 2.05) is 55.8 Å². The standard InChI is InChI=1S/C20H20N6O2/c1-12-5-6-13(2)16(9-12)23-20-24-18(25-28-20)15-7-8-17(19(22-15)27-4)26-10-14(3)21-11-26/h5-11H,1-4H3,(H,23,24,25). The lowest BCUT2D eigenvalue weighted by Gasteiger charge is -2.08. The van der Waals surface area contributed by atoms with E-state index in [-0.39, 0.29) is 0 Å². The maximum absolute atomic E-state index is 5.44. The summed E-state index contributed by atoms with van der Waals surface area (Å²) in [5.74, 6) is 0.822. The Balaban J connectivity index is 1.62. The molecule has 8 nitrogen and oxygen atoms in total. The number of aryl methyl sites for hydroxylation is 3. The monoisotopic (exact) mass is 376 g/mol. The van der Waals surface area contributed by atoms with E-state index in [0.717, 1.165) is 28.2 Å². The normalized spacial score (nSPS) is 10.9. The first-order valence-corrected chi connectivity index (χ1v) is 8.78. The van der Waals surface area contributed by atoms with E-state index in [2.05, 4.69) is 31.5 Å². The summed E-state index contributed by atoms with van der Waals surface area (Å²) in [5.41, 5.74) is 5.40. The second-order valence-electron chi connectivity index (χ2n) is 6.51. The van der Waals surface area contributed by atoms with E-state index in [9.17, 15) is 0 Å². The van der Waals surface area contributed by atoms with Gasteiger partial charge >= 0.3 is 6.01 Å². The van der Waals surface area contributed by atoms with Crippen LogP contribution < -0.4 is 10.1 Å². The van der Waals surface area contributed by atoms with Crippen LogP contribution in [0.3, 0.4) is 0 Å². The maximum atomic E-state index is 5.44. The van der Waals surface area contributed by atoms with Crippen LogP contribution in [-0.2, 0) is 0 Å². The van der Waals surface area contributed by atoms with Gasteiger partial charge in [0.2, 0.25) is 11.7 Å². The minimum absolute atomic E-state index is 0.304. The lowest BCUT2D eigenvalue weighted by molar-refractivity contribution is 0.396. The van der Waals surface area contributed by atoms with Crippen molar-refractivity contribution in [2.75, 3.05) is 12.4 Å². The van der Waals surface area contributed by atoms with Crippen LogP contribution in [0.2, 0.25) is 0 Å². The molecule has 3 heterocycles. The first-order valence-electron chi connectivity index (χ1n) is 8.78. The molecule has 1 N–H and O–H groups in total. The lowest BCUT2D eigenvalue weighted by Crippen LogP contribution is -2.00. The van der Waals surface area contributed by atoms with Gasteiger partial charge in [-0.25, -0.2) is 9.97 Å². The molecule has 0 saturated carbocycles. The molecule has 0 saturated heterocycles. The molecule has 0 radical (unpaired) electrons. The predicted molar refractivity (Wildman–Crippen MR) is 105 cm³/mol. The molecule has 0 amide bonds. The molecule has 4 aromatic rings. The topological polar surface area (TPSA) is 90.9 Å². The minimum Gasteiger partial charge on any atom is -0.479 e. The highest BCUT2D eigenvalue weighted by Gasteiger charge is 2.15. The summed E-state index contributed by atoms with van der Waals surface area (Å²) < 4.78 is 12.6. The van der Waals surface area contributed by atoms with Crippen molar-refractivity contribution in [3.8, 4) is 23.1 Å². The van der Waals surface area contributed by atoms with Gasteiger partial charge < -0.3 is 19.1 Å². The number of nitrogens with one attached hydrogen (secondary N) is 1. The molecule has 0 bridgehead atoms. The zero-order valence-corrected chi connectivity index (χ0v) is 16.1. The molecule has 1 aromatic carbocycles. The second kappa shape index (κ2) is 7.15. The zero-order chi connectivity index (χ0) is 19.7. The van der Waals surface area contributed by atoms with Gasteiger partial charge in [-0.05, 0) is 50.1 Å². The highest BCUT2D eigenvalue weighted by Crippen LogP contribution is 2.26. The summed E-state index contributed by atoms with van der Waals surface area (Å²) in [6, 6.07) is 10.1. The molecule has 28 heavy (non-hydrogen) atoms. The molecule has 0 spiro atoms. The smallest absolute Gasteiger partial charge is 0.326 e. The molecule has 4 rings (SSSR count). The van der Waals surface area contributed by atoms with E-state index >= 15 is 0 Å². The average Bonchev–Trinajstić information content (AvgIpc) is 3.33. The van der Waals surface area contributed by atoms with Crippen LogP contribution in [0.1, 0.15) is 16.8 Å². The highest BCUT2D eigenvalue weighted by molar-refractivity contribution is 5.61. The summed E-state index contributed by atoms with van der Waals surface area (Å²) in [6.45, 7) is 5.97. The summed E-state index contributed by atoms with van der Waals surface area (Å²) in [6.07, 6.45) is 3.62. The molecular weight excluding hydrogens is 356 g/mol. The van der Waals surface area contributed by atoms with Gasteiger partial charge in [-0.3, -0.25) is 0 Å². The number of benzene rings is 1. The van der Waals surface area contributed by atoms with Gasteiger partial charge in [0.15, 0.2) is 0 Å². The fourth-order valence-corrected chi connectivity index (χ4v) is 2.82. The summed E-state index contributed by atoms with van der Waals surface area (Å²) >= 11 is 0. The molecule has 3 aromatic heterocycles. The molecule has 0 aliphatic rings. The Morgan fingerprint density at radius 3 is 2.68 bits per heavy atom. The van der Waals surface area contributed by atoms with E-state index in [1.54, 1.807) is 13.4 Å². The van der Waals surface area contributed by atoms with E-state index in [1.165, 1.54) is 0 Å². The SMILES string of the molecule is COc1nc(-c2noc(Nc3cc(C)ccc3C)n2)ccc1-n1cnc(C)c1. The molecule has 0 unspecified atom stereocenters. The molecule has 8 heteroatoms. The first-order chi connectivity index (χ1) is 13.5. The predicted octanol–water partition coefficient (Wildman–Crippen LogP) is 3.99. The fourth-order valence-electron chi connectivity index (χ4n) is 2.82. The van der Waals surface area contributed by atoms with E-state index in [0.29, 0.717) is 23.4 Å². The van der Waals surface area contributed by atoms with Gasteiger partial charge in [-0.1, -0.05) is 17.3 Å². The number of imidazole rings is 1. The van der Waals surface area contributed by atoms with Gasteiger partial charge in [0, 0.05) is 11.9 Å². The first kappa shape index (κ1) is 17.7. The molecule has 0 aliphatic heterocycles. The van der Waals surface area contributed by atoms with Crippen LogP contribution in [0, 0.1) is 20.8 Å². The average molecular weight is 376 g/mol. The van der Waals surface area contributed by atoms with Gasteiger partial charge in [-0.2, -0.15) is 4.98 Å². The van der Waals surface area contributed by atoms with Crippen molar-refractivity contribution in [2.24, 2.45) is 0 Å². The van der Waals surface area contributed by atoms with Gasteiger partial charge in [0.05, 0.1) is 19.1 Å². The van der Waals surface area contributed by atoms with Gasteiger partial charge in [0.25, 0.3) is 0 Å². The van der Waals surface area contributed by atoms with Crippen molar-refractivity contribution < 1.29 is 9.26 Å². The molecule has 142 valence electrons. The Morgan fingerprint density at radius 2 is 1.93 bits per heavy atom. The third-order valence-electron chi connectivity index (χ3n) is 4.31. The van der Waals surface area contributed by atoms with Crippen LogP contribution in [-0.4, -0.2) is 31.8 Å². The molecule has 0 atom stereocenters. The largest absolute Gasteiger partial charge is 0.479 e. The van der Waals surface area contributed by atoms with E-state index in [4.69, 9.17) is 9.26 Å². The molecular formula is C20H20N6O2. The number of aromatic nitrogens is 5. The van der Waals surface area contributed by atoms with Crippen molar-refractivity contribution in [3.63, 3.8) is 0 Å². The van der Waals surface area contributed by atoms with Crippen molar-refractivity contribution in [1.29, 1.82) is 0 Å². The quantitative estimate of drug-likeness (QED) is 0.563. The number of ether oxygens (including phenoxy) is 1. The van der Waals surface area contributed by atoms with Crippen molar-refractivity contribution >= 4 is 11.7 Å². The van der Waals surface area contributed by atoms with Crippen LogP contribution in [0.4, 0.5) is 11.7 Å². The van der Waals surface area contributed by atoms with Crippen LogP contribution >= 0.6 is 0 Å². The minimum atomic E-state index is 0.304. The summed E-state index contributed by atoms with van der Waals surface area (Å²) in [7, 11) is 1.57. The number of pyridine rings is 1. The fraction of sp³-hybridized carbons (Fsp3) is 0.200. The van der Waals surface area contributed by atoms with Gasteiger partial charge in [-0.15, -0.1) is 0 Å². The van der Waals surface area contributed by atoms with Crippen molar-refractivity contribution in [2.45, 2.75) is 20.8 Å². The Hall–Kier alpha value is -3.68. The van der Waals surface area contributed by atoms with Crippen LogP contribution in [0.15, 0.2) is 47.4 Å². The number of anilines is 2. The van der Waals surface area contributed by atoms with Crippen molar-refractivity contribution in [1.82, 2.24) is 24.7 Å². The Bertz CT molecular complexity index is 1130. The lowest BCUT2D eigenvalue weighted by atomic mass is 10.1. The number of hydrogen-bond acceptors (Lipinski definition) is 7. The third kappa shape index (κ3) is 3.44. The number of nitrogens with zero attached hydrogens (tertiary/aromatic N) is 5. The molecule has 0 aliphatic carbocycles. The molecule has 0 fully saturated rings. The Morgan fingerprint density at radius 1 is 1.07 bits per heavy atom. The van der Waals surface area contributed by atoms with E-state index < -0.39 is 0 Å². The Kier molecular flexibility index (Phi) is 4.52.